The number of aromatic nitrogens is 2. The van der Waals surface area contributed by atoms with E-state index in [9.17, 15) is 0 Å². The number of para-hydroxylation sites is 1. The van der Waals surface area contributed by atoms with Gasteiger partial charge in [-0.2, -0.15) is 0 Å². The van der Waals surface area contributed by atoms with Crippen LogP contribution < -0.4 is 5.32 Å². The smallest absolute Gasteiger partial charge is 0.0529 e. The molecule has 0 saturated heterocycles. The molecular weight excluding hydrogens is 246 g/mol. The molecule has 3 heteroatoms. The van der Waals surface area contributed by atoms with Crippen molar-refractivity contribution in [3.8, 4) is 0 Å². The van der Waals surface area contributed by atoms with Gasteiger partial charge in [0, 0.05) is 31.7 Å². The third kappa shape index (κ3) is 2.58. The van der Waals surface area contributed by atoms with Gasteiger partial charge in [-0.3, -0.25) is 4.98 Å². The van der Waals surface area contributed by atoms with Crippen molar-refractivity contribution >= 4 is 10.9 Å². The minimum Gasteiger partial charge on any atom is -0.343 e. The first kappa shape index (κ1) is 12.9. The second kappa shape index (κ2) is 5.88. The highest BCUT2D eigenvalue weighted by Crippen LogP contribution is 2.21. The molecule has 0 aliphatic carbocycles. The lowest BCUT2D eigenvalue weighted by molar-refractivity contribution is 0.724. The Morgan fingerprint density at radius 3 is 2.90 bits per heavy atom. The standard InChI is InChI=1S/C17H19N3/c1-2-18-12-16-7-3-6-15-8-10-20(17(15)16)13-14-5-4-9-19-11-14/h3-11,18H,2,12-13H2,1H3. The molecule has 3 rings (SSSR count). The zero-order chi connectivity index (χ0) is 13.8. The molecule has 2 aromatic heterocycles. The van der Waals surface area contributed by atoms with Crippen LogP contribution in [0.1, 0.15) is 18.1 Å². The molecule has 0 amide bonds. The van der Waals surface area contributed by atoms with Gasteiger partial charge < -0.3 is 9.88 Å². The fraction of sp³-hybridized carbons (Fsp3) is 0.235. The summed E-state index contributed by atoms with van der Waals surface area (Å²) in [6.45, 7) is 4.89. The lowest BCUT2D eigenvalue weighted by Gasteiger charge is -2.10. The SMILES string of the molecule is CCNCc1cccc2ccn(Cc3cccnc3)c12. The topological polar surface area (TPSA) is 29.9 Å². The minimum atomic E-state index is 0.862. The Kier molecular flexibility index (Phi) is 3.79. The van der Waals surface area contributed by atoms with E-state index in [1.807, 2.05) is 18.5 Å². The van der Waals surface area contributed by atoms with Crippen LogP contribution in [0.3, 0.4) is 0 Å². The van der Waals surface area contributed by atoms with E-state index in [0.717, 1.165) is 19.6 Å². The Bertz CT molecular complexity index is 686. The molecule has 3 nitrogen and oxygen atoms in total. The highest BCUT2D eigenvalue weighted by molar-refractivity contribution is 5.83. The summed E-state index contributed by atoms with van der Waals surface area (Å²) in [4.78, 5) is 4.19. The van der Waals surface area contributed by atoms with Crippen LogP contribution in [0.4, 0.5) is 0 Å². The number of pyridine rings is 1. The monoisotopic (exact) mass is 265 g/mol. The van der Waals surface area contributed by atoms with E-state index in [2.05, 4.69) is 58.3 Å². The zero-order valence-corrected chi connectivity index (χ0v) is 11.7. The van der Waals surface area contributed by atoms with Gasteiger partial charge >= 0.3 is 0 Å². The number of fused-ring (bicyclic) bond motifs is 1. The van der Waals surface area contributed by atoms with E-state index < -0.39 is 0 Å². The number of nitrogens with zero attached hydrogens (tertiary/aromatic N) is 2. The van der Waals surface area contributed by atoms with Gasteiger partial charge in [-0.25, -0.2) is 0 Å². The van der Waals surface area contributed by atoms with Crippen molar-refractivity contribution in [1.29, 1.82) is 0 Å². The van der Waals surface area contributed by atoms with Gasteiger partial charge in [0.15, 0.2) is 0 Å². The summed E-state index contributed by atoms with van der Waals surface area (Å²) in [5, 5.41) is 4.71. The fourth-order valence-corrected chi connectivity index (χ4v) is 2.56. The molecule has 20 heavy (non-hydrogen) atoms. The average Bonchev–Trinajstić information content (AvgIpc) is 2.90. The molecule has 1 aromatic carbocycles. The summed E-state index contributed by atoms with van der Waals surface area (Å²) in [6.07, 6.45) is 5.90. The molecule has 3 aromatic rings. The minimum absolute atomic E-state index is 0.862. The molecule has 1 N–H and O–H groups in total. The maximum atomic E-state index is 4.19. The van der Waals surface area contributed by atoms with Crippen molar-refractivity contribution in [2.45, 2.75) is 20.0 Å². The first-order chi connectivity index (χ1) is 9.88. The fourth-order valence-electron chi connectivity index (χ4n) is 2.56. The number of hydrogen-bond donors (Lipinski definition) is 1. The van der Waals surface area contributed by atoms with E-state index in [-0.39, 0.29) is 0 Å². The molecule has 0 aliphatic heterocycles. The molecule has 0 atom stereocenters. The average molecular weight is 265 g/mol. The number of benzene rings is 1. The van der Waals surface area contributed by atoms with E-state index >= 15 is 0 Å². The second-order valence-electron chi connectivity index (χ2n) is 4.94. The van der Waals surface area contributed by atoms with Crippen LogP contribution in [0.15, 0.2) is 55.0 Å². The highest BCUT2D eigenvalue weighted by Gasteiger charge is 2.06. The third-order valence-electron chi connectivity index (χ3n) is 3.51. The van der Waals surface area contributed by atoms with Gasteiger partial charge in [0.25, 0.3) is 0 Å². The maximum absolute atomic E-state index is 4.19. The molecule has 2 heterocycles. The summed E-state index contributed by atoms with van der Waals surface area (Å²) >= 11 is 0. The van der Waals surface area contributed by atoms with Gasteiger partial charge in [-0.15, -0.1) is 0 Å². The Morgan fingerprint density at radius 1 is 1.15 bits per heavy atom. The Hall–Kier alpha value is -2.13. The normalized spacial score (nSPS) is 11.1. The number of nitrogens with one attached hydrogen (secondary N) is 1. The molecule has 0 radical (unpaired) electrons. The van der Waals surface area contributed by atoms with Crippen molar-refractivity contribution < 1.29 is 0 Å². The zero-order valence-electron chi connectivity index (χ0n) is 11.7. The highest BCUT2D eigenvalue weighted by atomic mass is 15.0. The van der Waals surface area contributed by atoms with Gasteiger partial charge in [0.05, 0.1) is 5.52 Å². The molecule has 0 unspecified atom stereocenters. The quantitative estimate of drug-likeness (QED) is 0.768. The van der Waals surface area contributed by atoms with E-state index in [0.29, 0.717) is 0 Å². The summed E-state index contributed by atoms with van der Waals surface area (Å²) in [7, 11) is 0. The van der Waals surface area contributed by atoms with Gasteiger partial charge in [0.2, 0.25) is 0 Å². The summed E-state index contributed by atoms with van der Waals surface area (Å²) in [5.74, 6) is 0. The first-order valence-electron chi connectivity index (χ1n) is 7.05. The van der Waals surface area contributed by atoms with Crippen molar-refractivity contribution in [2.75, 3.05) is 6.54 Å². The van der Waals surface area contributed by atoms with Crippen LogP contribution >= 0.6 is 0 Å². The van der Waals surface area contributed by atoms with Crippen molar-refractivity contribution in [2.24, 2.45) is 0 Å². The predicted molar refractivity (Wildman–Crippen MR) is 82.7 cm³/mol. The van der Waals surface area contributed by atoms with E-state index in [1.54, 1.807) is 0 Å². The number of rotatable bonds is 5. The first-order valence-corrected chi connectivity index (χ1v) is 7.05. The predicted octanol–water partition coefficient (Wildman–Crippen LogP) is 3.19. The van der Waals surface area contributed by atoms with Crippen LogP contribution in [-0.4, -0.2) is 16.1 Å². The Morgan fingerprint density at radius 2 is 2.10 bits per heavy atom. The molecule has 0 aliphatic rings. The van der Waals surface area contributed by atoms with Crippen molar-refractivity contribution in [3.05, 3.63) is 66.1 Å². The lowest BCUT2D eigenvalue weighted by Crippen LogP contribution is -2.13. The Balaban J connectivity index is 1.98. The van der Waals surface area contributed by atoms with Crippen LogP contribution in [0.5, 0.6) is 0 Å². The third-order valence-corrected chi connectivity index (χ3v) is 3.51. The van der Waals surface area contributed by atoms with Crippen molar-refractivity contribution in [1.82, 2.24) is 14.9 Å². The Labute approximate surface area is 119 Å². The molecular formula is C17H19N3. The van der Waals surface area contributed by atoms with Crippen LogP contribution in [0.2, 0.25) is 0 Å². The van der Waals surface area contributed by atoms with E-state index in [4.69, 9.17) is 0 Å². The largest absolute Gasteiger partial charge is 0.343 e. The second-order valence-corrected chi connectivity index (χ2v) is 4.94. The molecule has 0 fully saturated rings. The number of hydrogen-bond acceptors (Lipinski definition) is 2. The van der Waals surface area contributed by atoms with E-state index in [1.165, 1.54) is 22.0 Å². The van der Waals surface area contributed by atoms with Gasteiger partial charge in [0.1, 0.15) is 0 Å². The molecule has 0 bridgehead atoms. The lowest BCUT2D eigenvalue weighted by atomic mass is 10.1. The van der Waals surface area contributed by atoms with Gasteiger partial charge in [-0.1, -0.05) is 31.2 Å². The molecule has 102 valence electrons. The van der Waals surface area contributed by atoms with Crippen LogP contribution in [0.25, 0.3) is 10.9 Å². The van der Waals surface area contributed by atoms with Gasteiger partial charge in [-0.05, 0) is 35.2 Å². The summed E-state index contributed by atoms with van der Waals surface area (Å²) in [5.41, 5.74) is 3.89. The molecule has 0 saturated carbocycles. The van der Waals surface area contributed by atoms with Crippen LogP contribution in [-0.2, 0) is 13.1 Å². The molecule has 0 spiro atoms. The maximum Gasteiger partial charge on any atom is 0.0529 e. The summed E-state index contributed by atoms with van der Waals surface area (Å²) in [6, 6.07) is 12.8. The van der Waals surface area contributed by atoms with Crippen LogP contribution in [0, 0.1) is 0 Å². The summed E-state index contributed by atoms with van der Waals surface area (Å²) < 4.78 is 2.30. The van der Waals surface area contributed by atoms with Crippen molar-refractivity contribution in [3.63, 3.8) is 0 Å².